The highest BCUT2D eigenvalue weighted by atomic mass is 28.5. The highest BCUT2D eigenvalue weighted by Gasteiger charge is 2.40. The van der Waals surface area contributed by atoms with Gasteiger partial charge in [0.05, 0.1) is 0 Å². The van der Waals surface area contributed by atoms with Gasteiger partial charge >= 0.3 is 28.6 Å². The van der Waals surface area contributed by atoms with E-state index in [1.165, 1.54) is 0 Å². The Balaban J connectivity index is 2.33. The fourth-order valence-electron chi connectivity index (χ4n) is 1.38. The lowest BCUT2D eigenvalue weighted by Crippen LogP contribution is -2.57. The first-order chi connectivity index (χ1) is 7.37. The molecule has 1 fully saturated rings. The molecule has 1 heterocycles. The van der Waals surface area contributed by atoms with E-state index < -0.39 is 8.56 Å². The van der Waals surface area contributed by atoms with Crippen LogP contribution in [0.2, 0.25) is 0 Å². The molecule has 1 saturated heterocycles. The minimum absolute atomic E-state index is 0.0863. The Bertz CT molecular complexity index is 336. The van der Waals surface area contributed by atoms with E-state index in [-0.39, 0.29) is 20.0 Å². The van der Waals surface area contributed by atoms with Gasteiger partial charge in [-0.2, -0.15) is 0 Å². The topological polar surface area (TPSA) is 27.7 Å². The third-order valence-electron chi connectivity index (χ3n) is 2.03. The molecule has 0 atom stereocenters. The fraction of sp³-hybridized carbons (Fsp3) is 0.111. The molecular formula is C9H10O3Si3. The van der Waals surface area contributed by atoms with E-state index in [4.69, 9.17) is 12.3 Å². The third kappa shape index (κ3) is 2.36. The van der Waals surface area contributed by atoms with Crippen molar-refractivity contribution in [2.45, 2.75) is 6.92 Å². The highest BCUT2D eigenvalue weighted by Crippen LogP contribution is 2.12. The van der Waals surface area contributed by atoms with E-state index in [0.717, 1.165) is 5.19 Å². The molecule has 2 rings (SSSR count). The Morgan fingerprint density at radius 3 is 2.40 bits per heavy atom. The SMILES string of the molecule is CC=C[Si]1(c2ccccc2)O[Si]O[Si]O1. The molecule has 0 amide bonds. The minimum atomic E-state index is -2.34. The van der Waals surface area contributed by atoms with Crippen LogP contribution in [0.4, 0.5) is 0 Å². The second kappa shape index (κ2) is 5.01. The Labute approximate surface area is 95.4 Å². The molecule has 0 spiro atoms. The summed E-state index contributed by atoms with van der Waals surface area (Å²) in [7, 11) is -2.17. The molecule has 0 aliphatic carbocycles. The van der Waals surface area contributed by atoms with Crippen LogP contribution in [0.5, 0.6) is 0 Å². The molecule has 0 N–H and O–H groups in total. The first-order valence-electron chi connectivity index (χ1n) is 4.58. The van der Waals surface area contributed by atoms with E-state index in [2.05, 4.69) is 0 Å². The van der Waals surface area contributed by atoms with Crippen LogP contribution in [-0.2, 0) is 12.3 Å². The lowest BCUT2D eigenvalue weighted by Gasteiger charge is -2.30. The molecule has 3 nitrogen and oxygen atoms in total. The molecular weight excluding hydrogens is 240 g/mol. The first kappa shape index (κ1) is 11.0. The van der Waals surface area contributed by atoms with Crippen LogP contribution in [-0.4, -0.2) is 28.6 Å². The van der Waals surface area contributed by atoms with Gasteiger partial charge in [0.15, 0.2) is 0 Å². The number of rotatable bonds is 2. The predicted octanol–water partition coefficient (Wildman–Crippen LogP) is 0.583. The smallest absolute Gasteiger partial charge is 0.412 e. The highest BCUT2D eigenvalue weighted by molar-refractivity contribution is 6.91. The normalized spacial score (nSPS) is 20.6. The van der Waals surface area contributed by atoms with Gasteiger partial charge in [-0.15, -0.1) is 0 Å². The second-order valence-corrected chi connectivity index (χ2v) is 8.03. The molecule has 6 heteroatoms. The van der Waals surface area contributed by atoms with Gasteiger partial charge in [-0.3, -0.25) is 0 Å². The second-order valence-electron chi connectivity index (χ2n) is 3.01. The maximum absolute atomic E-state index is 5.73. The van der Waals surface area contributed by atoms with Crippen LogP contribution >= 0.6 is 0 Å². The van der Waals surface area contributed by atoms with Crippen molar-refractivity contribution in [3.05, 3.63) is 42.1 Å². The van der Waals surface area contributed by atoms with Gasteiger partial charge in [-0.1, -0.05) is 36.4 Å². The van der Waals surface area contributed by atoms with Gasteiger partial charge in [0.2, 0.25) is 0 Å². The van der Waals surface area contributed by atoms with Crippen molar-refractivity contribution in [3.8, 4) is 0 Å². The molecule has 15 heavy (non-hydrogen) atoms. The standard InChI is InChI=1S/C9H10O3Si3/c1-2-8-15(11-13-10-14-12-15)9-6-4-3-5-7-9/h2-8H,1H3. The summed E-state index contributed by atoms with van der Waals surface area (Å²) in [5.41, 5.74) is 2.05. The molecule has 0 bridgehead atoms. The van der Waals surface area contributed by atoms with Crippen molar-refractivity contribution in [2.75, 3.05) is 0 Å². The van der Waals surface area contributed by atoms with Gasteiger partial charge in [0.1, 0.15) is 0 Å². The van der Waals surface area contributed by atoms with E-state index in [9.17, 15) is 0 Å². The van der Waals surface area contributed by atoms with Gasteiger partial charge in [0.25, 0.3) is 0 Å². The van der Waals surface area contributed by atoms with E-state index in [1.54, 1.807) is 0 Å². The number of allylic oxidation sites excluding steroid dienone is 1. The maximum Gasteiger partial charge on any atom is 0.413 e. The molecule has 4 radical (unpaired) electrons. The number of hydrogen-bond donors (Lipinski definition) is 0. The van der Waals surface area contributed by atoms with Gasteiger partial charge in [0, 0.05) is 0 Å². The average molecular weight is 250 g/mol. The summed E-state index contributed by atoms with van der Waals surface area (Å²) in [5, 5.41) is 1.13. The Morgan fingerprint density at radius 2 is 1.80 bits per heavy atom. The zero-order valence-corrected chi connectivity index (χ0v) is 11.3. The quantitative estimate of drug-likeness (QED) is 0.719. The van der Waals surface area contributed by atoms with Gasteiger partial charge in [-0.25, -0.2) is 0 Å². The summed E-state index contributed by atoms with van der Waals surface area (Å²) in [6.07, 6.45) is 1.99. The zero-order chi connectivity index (χ0) is 10.6. The molecule has 0 unspecified atom stereocenters. The third-order valence-corrected chi connectivity index (χ3v) is 7.70. The van der Waals surface area contributed by atoms with Gasteiger partial charge < -0.3 is 12.3 Å². The molecule has 1 aromatic carbocycles. The summed E-state index contributed by atoms with van der Waals surface area (Å²) in [6, 6.07) is 10.1. The molecule has 0 saturated carbocycles. The molecule has 1 aliphatic rings. The van der Waals surface area contributed by atoms with E-state index in [0.29, 0.717) is 0 Å². The summed E-state index contributed by atoms with van der Waals surface area (Å²) in [6.45, 7) is 1.98. The predicted molar refractivity (Wildman–Crippen MR) is 61.4 cm³/mol. The minimum Gasteiger partial charge on any atom is -0.412 e. The van der Waals surface area contributed by atoms with Crippen molar-refractivity contribution < 1.29 is 12.3 Å². The van der Waals surface area contributed by atoms with Crippen molar-refractivity contribution in [1.82, 2.24) is 0 Å². The van der Waals surface area contributed by atoms with E-state index >= 15 is 0 Å². The van der Waals surface area contributed by atoms with E-state index in [1.807, 2.05) is 49.0 Å². The first-order valence-corrected chi connectivity index (χ1v) is 8.11. The zero-order valence-electron chi connectivity index (χ0n) is 8.27. The summed E-state index contributed by atoms with van der Waals surface area (Å²) in [4.78, 5) is 0. The number of hydrogen-bond acceptors (Lipinski definition) is 3. The van der Waals surface area contributed by atoms with Crippen LogP contribution in [0.3, 0.4) is 0 Å². The van der Waals surface area contributed by atoms with Crippen molar-refractivity contribution in [3.63, 3.8) is 0 Å². The Morgan fingerprint density at radius 1 is 1.13 bits per heavy atom. The van der Waals surface area contributed by atoms with Crippen LogP contribution in [0.25, 0.3) is 0 Å². The fourth-order valence-corrected chi connectivity index (χ4v) is 6.90. The Kier molecular flexibility index (Phi) is 3.67. The Hall–Kier alpha value is -0.509. The molecule has 76 valence electrons. The van der Waals surface area contributed by atoms with Crippen molar-refractivity contribution in [1.29, 1.82) is 0 Å². The maximum atomic E-state index is 5.73. The lowest BCUT2D eigenvalue weighted by molar-refractivity contribution is 0.317. The van der Waals surface area contributed by atoms with Crippen molar-refractivity contribution in [2.24, 2.45) is 0 Å². The summed E-state index contributed by atoms with van der Waals surface area (Å²) >= 11 is 0. The average Bonchev–Trinajstić information content (AvgIpc) is 2.32. The van der Waals surface area contributed by atoms with Crippen LogP contribution in [0.15, 0.2) is 42.1 Å². The largest absolute Gasteiger partial charge is 0.413 e. The molecule has 1 aliphatic heterocycles. The number of benzene rings is 1. The molecule has 1 aromatic rings. The van der Waals surface area contributed by atoms with Crippen molar-refractivity contribution >= 4 is 33.8 Å². The molecule has 0 aromatic heterocycles. The van der Waals surface area contributed by atoms with Crippen LogP contribution < -0.4 is 5.19 Å². The lowest BCUT2D eigenvalue weighted by atomic mass is 10.4. The van der Waals surface area contributed by atoms with Gasteiger partial charge in [-0.05, 0) is 17.8 Å². The summed E-state index contributed by atoms with van der Waals surface area (Å²) < 4.78 is 16.6. The van der Waals surface area contributed by atoms with Crippen LogP contribution in [0.1, 0.15) is 6.92 Å². The monoisotopic (exact) mass is 250 g/mol. The van der Waals surface area contributed by atoms with Crippen LogP contribution in [0, 0.1) is 0 Å². The summed E-state index contributed by atoms with van der Waals surface area (Å²) in [5.74, 6) is 0.